The molecule has 0 radical (unpaired) electrons. The normalized spacial score (nSPS) is 26.3. The zero-order chi connectivity index (χ0) is 19.8. The van der Waals surface area contributed by atoms with Gasteiger partial charge in [0.15, 0.2) is 0 Å². The largest absolute Gasteiger partial charge is 0.490 e. The van der Waals surface area contributed by atoms with Gasteiger partial charge in [0, 0.05) is 6.54 Å². The summed E-state index contributed by atoms with van der Waals surface area (Å²) >= 11 is 0. The number of aliphatic carboxylic acids is 2. The van der Waals surface area contributed by atoms with Gasteiger partial charge in [-0.1, -0.05) is 0 Å². The second-order valence-electron chi connectivity index (χ2n) is 5.72. The SMILES string of the molecule is NC(=O)OCC1=C(C(=O)O)N2C(=O)[C@H]3NC[C@@H](C1)[C@H]32.O=C(O)C(F)(F)F. The molecule has 3 atom stereocenters. The molecule has 0 aliphatic carbocycles. The summed E-state index contributed by atoms with van der Waals surface area (Å²) in [6.45, 7) is 0.471. The third-order valence-corrected chi connectivity index (χ3v) is 4.14. The Kier molecular flexibility index (Phi) is 5.11. The van der Waals surface area contributed by atoms with Crippen molar-refractivity contribution in [3.8, 4) is 0 Å². The Hall–Kier alpha value is -2.83. The van der Waals surface area contributed by atoms with Crippen LogP contribution in [0, 0.1) is 5.92 Å². The third kappa shape index (κ3) is 3.56. The van der Waals surface area contributed by atoms with E-state index >= 15 is 0 Å². The lowest BCUT2D eigenvalue weighted by molar-refractivity contribution is -0.192. The highest BCUT2D eigenvalue weighted by Crippen LogP contribution is 2.43. The van der Waals surface area contributed by atoms with E-state index in [1.807, 2.05) is 0 Å². The van der Waals surface area contributed by atoms with Crippen molar-refractivity contribution in [2.75, 3.05) is 13.2 Å². The van der Waals surface area contributed by atoms with E-state index in [9.17, 15) is 32.7 Å². The molecule has 0 aromatic rings. The number of nitrogens with one attached hydrogen (secondary N) is 1. The van der Waals surface area contributed by atoms with Crippen LogP contribution in [0.15, 0.2) is 11.3 Å². The average Bonchev–Trinajstić information content (AvgIpc) is 2.91. The van der Waals surface area contributed by atoms with Crippen molar-refractivity contribution < 1.29 is 47.3 Å². The number of β-lactam (4-membered cyclic amide) rings is 1. The van der Waals surface area contributed by atoms with Crippen molar-refractivity contribution in [1.29, 1.82) is 0 Å². The van der Waals surface area contributed by atoms with Gasteiger partial charge in [-0.05, 0) is 17.9 Å². The molecule has 0 aromatic heterocycles. The van der Waals surface area contributed by atoms with Crippen molar-refractivity contribution in [2.45, 2.75) is 24.7 Å². The summed E-state index contributed by atoms with van der Waals surface area (Å²) in [5.41, 5.74) is 5.26. The van der Waals surface area contributed by atoms with E-state index < -0.39 is 24.2 Å². The van der Waals surface area contributed by atoms with E-state index in [1.54, 1.807) is 0 Å². The van der Waals surface area contributed by atoms with E-state index in [1.165, 1.54) is 4.90 Å². The molecule has 13 heteroatoms. The molecule has 0 unspecified atom stereocenters. The van der Waals surface area contributed by atoms with Crippen LogP contribution in [-0.4, -0.2) is 70.5 Å². The van der Waals surface area contributed by atoms with E-state index in [0.717, 1.165) is 0 Å². The fraction of sp³-hybridized carbons (Fsp3) is 0.538. The minimum absolute atomic E-state index is 0.0625. The molecule has 3 rings (SSSR count). The highest BCUT2D eigenvalue weighted by Gasteiger charge is 2.59. The van der Waals surface area contributed by atoms with Crippen LogP contribution in [-0.2, 0) is 19.1 Å². The number of hydrogen-bond donors (Lipinski definition) is 4. The lowest BCUT2D eigenvalue weighted by Crippen LogP contribution is -2.68. The number of amides is 2. The Morgan fingerprint density at radius 1 is 1.31 bits per heavy atom. The van der Waals surface area contributed by atoms with Crippen LogP contribution in [0.3, 0.4) is 0 Å². The van der Waals surface area contributed by atoms with E-state index in [4.69, 9.17) is 15.6 Å². The van der Waals surface area contributed by atoms with Crippen molar-refractivity contribution in [3.05, 3.63) is 11.3 Å². The van der Waals surface area contributed by atoms with Gasteiger partial charge in [-0.2, -0.15) is 13.2 Å². The summed E-state index contributed by atoms with van der Waals surface area (Å²) in [5, 5.41) is 19.5. The summed E-state index contributed by atoms with van der Waals surface area (Å²) in [5.74, 6) is -4.01. The van der Waals surface area contributed by atoms with Crippen LogP contribution in [0.2, 0.25) is 0 Å². The first-order valence-electron chi connectivity index (χ1n) is 7.19. The summed E-state index contributed by atoms with van der Waals surface area (Å²) in [6, 6.07) is -0.353. The first kappa shape index (κ1) is 19.5. The van der Waals surface area contributed by atoms with Gasteiger partial charge < -0.3 is 26.0 Å². The maximum Gasteiger partial charge on any atom is 0.490 e. The highest BCUT2D eigenvalue weighted by molar-refractivity contribution is 6.00. The van der Waals surface area contributed by atoms with Gasteiger partial charge in [-0.3, -0.25) is 9.69 Å². The molecule has 10 nitrogen and oxygen atoms in total. The fourth-order valence-electron chi connectivity index (χ4n) is 3.18. The summed E-state index contributed by atoms with van der Waals surface area (Å²) in [4.78, 5) is 44.1. The minimum Gasteiger partial charge on any atom is -0.477 e. The molecule has 0 bridgehead atoms. The number of hydrogen-bond acceptors (Lipinski definition) is 6. The molecule has 3 heterocycles. The van der Waals surface area contributed by atoms with Crippen molar-refractivity contribution in [2.24, 2.45) is 11.7 Å². The van der Waals surface area contributed by atoms with E-state index in [0.29, 0.717) is 18.5 Å². The van der Waals surface area contributed by atoms with Gasteiger partial charge in [0.05, 0.1) is 6.04 Å². The molecule has 2 fully saturated rings. The van der Waals surface area contributed by atoms with Crippen LogP contribution in [0.25, 0.3) is 0 Å². The van der Waals surface area contributed by atoms with E-state index in [2.05, 4.69) is 10.1 Å². The van der Waals surface area contributed by atoms with Crippen molar-refractivity contribution >= 4 is 23.9 Å². The summed E-state index contributed by atoms with van der Waals surface area (Å²) < 4.78 is 36.4. The smallest absolute Gasteiger partial charge is 0.477 e. The van der Waals surface area contributed by atoms with Gasteiger partial charge in [0.25, 0.3) is 0 Å². The van der Waals surface area contributed by atoms with Crippen molar-refractivity contribution in [3.63, 3.8) is 0 Å². The Balaban J connectivity index is 0.000000298. The topological polar surface area (TPSA) is 159 Å². The number of carboxylic acid groups (broad SMARTS) is 2. The monoisotopic (exact) mass is 381 g/mol. The quantitative estimate of drug-likeness (QED) is 0.465. The standard InChI is InChI=1S/C11H13N3O5.C2HF3O2/c12-11(18)19-3-5-1-4-2-13-6-7(4)14(9(6)15)8(5)10(16)17;3-2(4,5)1(6)7/h4,6-7,13H,1-3H2,(H2,12,18)(H,16,17);(H,6,7)/t4-,6+,7-;/m1./s1. The van der Waals surface area contributed by atoms with Crippen LogP contribution in [0.5, 0.6) is 0 Å². The highest BCUT2D eigenvalue weighted by atomic mass is 19.4. The number of halogens is 3. The van der Waals surface area contributed by atoms with Crippen LogP contribution < -0.4 is 11.1 Å². The number of carbonyl (C=O) groups is 4. The fourth-order valence-corrected chi connectivity index (χ4v) is 3.18. The molecular weight excluding hydrogens is 367 g/mol. The van der Waals surface area contributed by atoms with Crippen molar-refractivity contribution in [1.82, 2.24) is 10.2 Å². The molecule has 3 aliphatic heterocycles. The van der Waals surface area contributed by atoms with Gasteiger partial charge in [-0.25, -0.2) is 14.4 Å². The molecule has 3 aliphatic rings. The molecule has 144 valence electrons. The Morgan fingerprint density at radius 2 is 1.88 bits per heavy atom. The minimum atomic E-state index is -5.08. The Labute approximate surface area is 143 Å². The van der Waals surface area contributed by atoms with Crippen LogP contribution >= 0.6 is 0 Å². The summed E-state index contributed by atoms with van der Waals surface area (Å²) in [7, 11) is 0. The zero-order valence-corrected chi connectivity index (χ0v) is 12.9. The number of nitrogens with zero attached hydrogens (tertiary/aromatic N) is 1. The second kappa shape index (κ2) is 6.82. The van der Waals surface area contributed by atoms with Crippen LogP contribution in [0.1, 0.15) is 6.42 Å². The molecule has 5 N–H and O–H groups in total. The lowest BCUT2D eigenvalue weighted by atomic mass is 9.79. The van der Waals surface area contributed by atoms with Crippen LogP contribution in [0.4, 0.5) is 18.0 Å². The predicted octanol–water partition coefficient (Wildman–Crippen LogP) is -0.744. The zero-order valence-electron chi connectivity index (χ0n) is 12.9. The Morgan fingerprint density at radius 3 is 2.35 bits per heavy atom. The number of carboxylic acids is 2. The van der Waals surface area contributed by atoms with Gasteiger partial charge in [0.1, 0.15) is 18.3 Å². The maximum atomic E-state index is 11.9. The first-order chi connectivity index (χ1) is 11.9. The van der Waals surface area contributed by atoms with E-state index in [-0.39, 0.29) is 36.2 Å². The van der Waals surface area contributed by atoms with Gasteiger partial charge in [-0.15, -0.1) is 0 Å². The maximum absolute atomic E-state index is 11.9. The second-order valence-corrected chi connectivity index (χ2v) is 5.72. The summed E-state index contributed by atoms with van der Waals surface area (Å²) in [6.07, 6.45) is -5.55. The first-order valence-corrected chi connectivity index (χ1v) is 7.19. The third-order valence-electron chi connectivity index (χ3n) is 4.14. The molecule has 0 spiro atoms. The number of ether oxygens (including phenoxy) is 1. The molecule has 0 aromatic carbocycles. The van der Waals surface area contributed by atoms with Gasteiger partial charge in [0.2, 0.25) is 5.91 Å². The number of alkyl halides is 3. The molecule has 2 amide bonds. The Bertz CT molecular complexity index is 691. The average molecular weight is 381 g/mol. The lowest BCUT2D eigenvalue weighted by Gasteiger charge is -2.48. The number of rotatable bonds is 3. The molecule has 26 heavy (non-hydrogen) atoms. The molecule has 0 saturated carbocycles. The number of nitrogens with two attached hydrogens (primary N) is 1. The van der Waals surface area contributed by atoms with Gasteiger partial charge >= 0.3 is 24.2 Å². The number of carbonyl (C=O) groups excluding carboxylic acids is 2. The molecular formula is C13H14F3N3O7. The number of primary amides is 1. The molecule has 2 saturated heterocycles. The predicted molar refractivity (Wildman–Crippen MR) is 74.4 cm³/mol.